The van der Waals surface area contributed by atoms with Gasteiger partial charge in [0, 0.05) is 13.1 Å². The molecule has 0 aliphatic heterocycles. The summed E-state index contributed by atoms with van der Waals surface area (Å²) >= 11 is 0. The smallest absolute Gasteiger partial charge is 0.320 e. The summed E-state index contributed by atoms with van der Waals surface area (Å²) in [6.07, 6.45) is 0.845. The molecule has 0 aromatic carbocycles. The van der Waals surface area contributed by atoms with Crippen molar-refractivity contribution in [2.24, 2.45) is 11.5 Å². The number of guanidine groups is 1. The van der Waals surface area contributed by atoms with Crippen LogP contribution < -0.4 is 11.5 Å². The molecule has 7 nitrogen and oxygen atoms in total. The van der Waals surface area contributed by atoms with Crippen molar-refractivity contribution in [2.75, 3.05) is 19.7 Å². The molecule has 0 spiro atoms. The summed E-state index contributed by atoms with van der Waals surface area (Å²) in [6.45, 7) is 0.610. The van der Waals surface area contributed by atoms with Crippen LogP contribution in [0, 0.1) is 5.41 Å². The Hall–Kier alpha value is -1.34. The van der Waals surface area contributed by atoms with Crippen molar-refractivity contribution < 1.29 is 15.0 Å². The van der Waals surface area contributed by atoms with Crippen LogP contribution in [0.1, 0.15) is 12.8 Å². The van der Waals surface area contributed by atoms with Crippen molar-refractivity contribution in [1.82, 2.24) is 4.90 Å². The maximum atomic E-state index is 10.4. The molecule has 0 radical (unpaired) electrons. The second-order valence-corrected chi connectivity index (χ2v) is 3.18. The number of rotatable bonds is 7. The molecule has 0 amide bonds. The third-order valence-corrected chi connectivity index (χ3v) is 1.97. The molecule has 1 unspecified atom stereocenters. The summed E-state index contributed by atoms with van der Waals surface area (Å²) in [4.78, 5) is 11.9. The lowest BCUT2D eigenvalue weighted by atomic mass is 10.1. The molecule has 1 atom stereocenters. The first-order valence-electron chi connectivity index (χ1n) is 4.67. The minimum absolute atomic E-state index is 0.0927. The highest BCUT2D eigenvalue weighted by molar-refractivity contribution is 5.74. The molecule has 0 aliphatic rings. The first-order valence-corrected chi connectivity index (χ1v) is 4.67. The van der Waals surface area contributed by atoms with Crippen LogP contribution in [0.4, 0.5) is 0 Å². The van der Waals surface area contributed by atoms with E-state index in [4.69, 9.17) is 27.1 Å². The Balaban J connectivity index is 3.80. The summed E-state index contributed by atoms with van der Waals surface area (Å²) in [7, 11) is 0. The zero-order chi connectivity index (χ0) is 11.8. The van der Waals surface area contributed by atoms with Gasteiger partial charge in [0.15, 0.2) is 5.96 Å². The van der Waals surface area contributed by atoms with E-state index in [0.29, 0.717) is 19.4 Å². The Labute approximate surface area is 88.2 Å². The molecule has 0 bridgehead atoms. The van der Waals surface area contributed by atoms with Crippen molar-refractivity contribution in [3.05, 3.63) is 0 Å². The molecule has 0 aliphatic carbocycles. The fourth-order valence-electron chi connectivity index (χ4n) is 1.10. The van der Waals surface area contributed by atoms with Crippen LogP contribution in [0.15, 0.2) is 0 Å². The van der Waals surface area contributed by atoms with Gasteiger partial charge in [-0.25, -0.2) is 0 Å². The van der Waals surface area contributed by atoms with Crippen LogP contribution in [-0.2, 0) is 4.79 Å². The van der Waals surface area contributed by atoms with Gasteiger partial charge in [-0.3, -0.25) is 10.2 Å². The molecule has 7 heteroatoms. The molecule has 7 N–H and O–H groups in total. The van der Waals surface area contributed by atoms with Crippen LogP contribution in [-0.4, -0.2) is 52.8 Å². The lowest BCUT2D eigenvalue weighted by Crippen LogP contribution is -2.40. The van der Waals surface area contributed by atoms with Gasteiger partial charge in [-0.1, -0.05) is 0 Å². The highest BCUT2D eigenvalue weighted by atomic mass is 16.4. The van der Waals surface area contributed by atoms with E-state index in [1.165, 1.54) is 4.90 Å². The summed E-state index contributed by atoms with van der Waals surface area (Å²) in [5, 5.41) is 24.4. The molecule has 15 heavy (non-hydrogen) atoms. The van der Waals surface area contributed by atoms with E-state index in [-0.39, 0.29) is 19.1 Å². The third-order valence-electron chi connectivity index (χ3n) is 1.97. The van der Waals surface area contributed by atoms with Gasteiger partial charge < -0.3 is 26.6 Å². The highest BCUT2D eigenvalue weighted by Gasteiger charge is 2.12. The summed E-state index contributed by atoms with van der Waals surface area (Å²) in [6, 6.07) is -0.882. The fraction of sp³-hybridized carbons (Fsp3) is 0.750. The van der Waals surface area contributed by atoms with Crippen LogP contribution in [0.25, 0.3) is 0 Å². The van der Waals surface area contributed by atoms with E-state index in [1.54, 1.807) is 0 Å². The molecule has 0 fully saturated rings. The monoisotopic (exact) mass is 218 g/mol. The number of carbonyl (C=O) groups is 1. The van der Waals surface area contributed by atoms with Gasteiger partial charge in [-0.15, -0.1) is 0 Å². The minimum atomic E-state index is -1.04. The van der Waals surface area contributed by atoms with Gasteiger partial charge in [0.2, 0.25) is 0 Å². The van der Waals surface area contributed by atoms with Crippen LogP contribution in [0.2, 0.25) is 0 Å². The van der Waals surface area contributed by atoms with Gasteiger partial charge >= 0.3 is 5.97 Å². The second kappa shape index (κ2) is 7.02. The Morgan fingerprint density at radius 1 is 1.47 bits per heavy atom. The molecule has 88 valence electrons. The SMILES string of the molecule is N=C(N)N(CCO)CCCC(N)C(=O)O. The molecular weight excluding hydrogens is 200 g/mol. The Morgan fingerprint density at radius 3 is 2.47 bits per heavy atom. The predicted molar refractivity (Wildman–Crippen MR) is 55.4 cm³/mol. The molecule has 0 aromatic heterocycles. The third kappa shape index (κ3) is 5.87. The molecule has 0 heterocycles. The number of aliphatic hydroxyl groups is 1. The number of carboxylic acids is 1. The molecule has 0 saturated heterocycles. The van der Waals surface area contributed by atoms with Gasteiger partial charge in [0.05, 0.1) is 6.61 Å². The second-order valence-electron chi connectivity index (χ2n) is 3.18. The van der Waals surface area contributed by atoms with E-state index >= 15 is 0 Å². The first-order chi connectivity index (χ1) is 6.99. The number of aliphatic carboxylic acids is 1. The maximum absolute atomic E-state index is 10.4. The quantitative estimate of drug-likeness (QED) is 0.257. The maximum Gasteiger partial charge on any atom is 0.320 e. The molecule has 0 aromatic rings. The van der Waals surface area contributed by atoms with Crippen LogP contribution in [0.5, 0.6) is 0 Å². The average Bonchev–Trinajstić information content (AvgIpc) is 2.15. The number of carboxylic acid groups (broad SMARTS) is 1. The Bertz CT molecular complexity index is 222. The number of hydrogen-bond acceptors (Lipinski definition) is 4. The van der Waals surface area contributed by atoms with Gasteiger partial charge in [0.25, 0.3) is 0 Å². The van der Waals surface area contributed by atoms with E-state index in [2.05, 4.69) is 0 Å². The summed E-state index contributed by atoms with van der Waals surface area (Å²) in [5.74, 6) is -1.17. The topological polar surface area (TPSA) is 137 Å². The zero-order valence-corrected chi connectivity index (χ0v) is 8.52. The highest BCUT2D eigenvalue weighted by Crippen LogP contribution is 1.98. The van der Waals surface area contributed by atoms with E-state index < -0.39 is 12.0 Å². The molecular formula is C8H18N4O3. The lowest BCUT2D eigenvalue weighted by Gasteiger charge is -2.21. The van der Waals surface area contributed by atoms with E-state index in [0.717, 1.165) is 0 Å². The number of nitrogens with zero attached hydrogens (tertiary/aromatic N) is 1. The fourth-order valence-corrected chi connectivity index (χ4v) is 1.10. The Kier molecular flexibility index (Phi) is 6.39. The normalized spacial score (nSPS) is 12.1. The molecule has 0 saturated carbocycles. The molecule has 0 rings (SSSR count). The van der Waals surface area contributed by atoms with Crippen molar-refractivity contribution in [2.45, 2.75) is 18.9 Å². The number of nitrogens with one attached hydrogen (secondary N) is 1. The van der Waals surface area contributed by atoms with Crippen LogP contribution in [0.3, 0.4) is 0 Å². The van der Waals surface area contributed by atoms with Gasteiger partial charge in [-0.2, -0.15) is 0 Å². The van der Waals surface area contributed by atoms with Crippen molar-refractivity contribution in [3.8, 4) is 0 Å². The first kappa shape index (κ1) is 13.7. The standard InChI is InChI=1S/C8H18N4O3/c9-6(7(14)15)2-1-3-12(4-5-13)8(10)11/h6,13H,1-5,9H2,(H3,10,11)(H,14,15). The van der Waals surface area contributed by atoms with Gasteiger partial charge in [-0.05, 0) is 12.8 Å². The van der Waals surface area contributed by atoms with Gasteiger partial charge in [0.1, 0.15) is 6.04 Å². The number of nitrogens with two attached hydrogens (primary N) is 2. The zero-order valence-electron chi connectivity index (χ0n) is 8.52. The van der Waals surface area contributed by atoms with Crippen molar-refractivity contribution >= 4 is 11.9 Å². The average molecular weight is 218 g/mol. The van der Waals surface area contributed by atoms with Crippen molar-refractivity contribution in [1.29, 1.82) is 5.41 Å². The largest absolute Gasteiger partial charge is 0.480 e. The summed E-state index contributed by atoms with van der Waals surface area (Å²) < 4.78 is 0. The minimum Gasteiger partial charge on any atom is -0.480 e. The summed E-state index contributed by atoms with van der Waals surface area (Å²) in [5.41, 5.74) is 10.6. The van der Waals surface area contributed by atoms with E-state index in [9.17, 15) is 4.79 Å². The number of hydrogen-bond donors (Lipinski definition) is 5. The van der Waals surface area contributed by atoms with Crippen LogP contribution >= 0.6 is 0 Å². The predicted octanol–water partition coefficient (Wildman–Crippen LogP) is -1.63. The lowest BCUT2D eigenvalue weighted by molar-refractivity contribution is -0.138. The number of aliphatic hydroxyl groups excluding tert-OH is 1. The Morgan fingerprint density at radius 2 is 2.07 bits per heavy atom. The van der Waals surface area contributed by atoms with E-state index in [1.807, 2.05) is 0 Å². The van der Waals surface area contributed by atoms with Crippen molar-refractivity contribution in [3.63, 3.8) is 0 Å².